The van der Waals surface area contributed by atoms with Crippen molar-refractivity contribution < 1.29 is 15.0 Å². The summed E-state index contributed by atoms with van der Waals surface area (Å²) in [5, 5.41) is 17.6. The van der Waals surface area contributed by atoms with E-state index in [1.807, 2.05) is 6.92 Å². The Morgan fingerprint density at radius 2 is 2.18 bits per heavy atom. The van der Waals surface area contributed by atoms with Gasteiger partial charge in [0.1, 0.15) is 0 Å². The molecule has 0 spiro atoms. The summed E-state index contributed by atoms with van der Waals surface area (Å²) in [5.41, 5.74) is 0.277. The van der Waals surface area contributed by atoms with Gasteiger partial charge in [0.15, 0.2) is 0 Å². The first kappa shape index (κ1) is 10.2. The molecule has 0 aliphatic heterocycles. The van der Waals surface area contributed by atoms with Crippen LogP contribution in [0.4, 0.5) is 0 Å². The van der Waals surface area contributed by atoms with Crippen LogP contribution in [0.5, 0.6) is 0 Å². The third kappa shape index (κ3) is 3.78. The quantitative estimate of drug-likeness (QED) is 0.604. The standard InChI is InChI=1S/C8H14O3/c1-3-6(8(10)11)5-7(9)4-2/h3,7,9H,4-5H2,1-2H3,(H,10,11)/b6-3+. The maximum Gasteiger partial charge on any atom is 0.331 e. The van der Waals surface area contributed by atoms with Crippen LogP contribution in [0, 0.1) is 0 Å². The third-order valence-electron chi connectivity index (χ3n) is 1.55. The second-order valence-corrected chi connectivity index (χ2v) is 2.39. The van der Waals surface area contributed by atoms with E-state index in [-0.39, 0.29) is 12.0 Å². The largest absolute Gasteiger partial charge is 0.478 e. The fraction of sp³-hybridized carbons (Fsp3) is 0.625. The van der Waals surface area contributed by atoms with Gasteiger partial charge >= 0.3 is 5.97 Å². The molecule has 0 aromatic heterocycles. The van der Waals surface area contributed by atoms with Gasteiger partial charge in [0.25, 0.3) is 0 Å². The highest BCUT2D eigenvalue weighted by atomic mass is 16.4. The maximum atomic E-state index is 10.4. The fourth-order valence-electron chi connectivity index (χ4n) is 0.727. The molecular formula is C8H14O3. The van der Waals surface area contributed by atoms with E-state index in [4.69, 9.17) is 10.2 Å². The van der Waals surface area contributed by atoms with Crippen LogP contribution in [0.1, 0.15) is 26.7 Å². The van der Waals surface area contributed by atoms with Gasteiger partial charge in [0, 0.05) is 12.0 Å². The minimum absolute atomic E-state index is 0.238. The zero-order valence-electron chi connectivity index (χ0n) is 6.87. The zero-order valence-corrected chi connectivity index (χ0v) is 6.87. The number of carbonyl (C=O) groups is 1. The van der Waals surface area contributed by atoms with Crippen LogP contribution < -0.4 is 0 Å². The molecule has 3 nitrogen and oxygen atoms in total. The molecule has 0 saturated heterocycles. The van der Waals surface area contributed by atoms with Gasteiger partial charge < -0.3 is 10.2 Å². The number of hydrogen-bond donors (Lipinski definition) is 2. The molecule has 0 bridgehead atoms. The Hall–Kier alpha value is -0.830. The molecule has 0 radical (unpaired) electrons. The summed E-state index contributed by atoms with van der Waals surface area (Å²) >= 11 is 0. The van der Waals surface area contributed by atoms with E-state index in [1.54, 1.807) is 6.92 Å². The third-order valence-corrected chi connectivity index (χ3v) is 1.55. The average molecular weight is 158 g/mol. The second-order valence-electron chi connectivity index (χ2n) is 2.39. The predicted molar refractivity (Wildman–Crippen MR) is 42.3 cm³/mol. The summed E-state index contributed by atoms with van der Waals surface area (Å²) in [6.45, 7) is 3.48. The molecule has 3 heteroatoms. The van der Waals surface area contributed by atoms with E-state index in [1.165, 1.54) is 6.08 Å². The van der Waals surface area contributed by atoms with Crippen molar-refractivity contribution in [3.05, 3.63) is 11.6 Å². The van der Waals surface area contributed by atoms with Gasteiger partial charge in [0.2, 0.25) is 0 Å². The van der Waals surface area contributed by atoms with E-state index in [0.717, 1.165) is 0 Å². The maximum absolute atomic E-state index is 10.4. The minimum Gasteiger partial charge on any atom is -0.478 e. The lowest BCUT2D eigenvalue weighted by Crippen LogP contribution is -2.10. The first-order valence-corrected chi connectivity index (χ1v) is 3.68. The molecule has 2 N–H and O–H groups in total. The molecule has 11 heavy (non-hydrogen) atoms. The lowest BCUT2D eigenvalue weighted by molar-refractivity contribution is -0.133. The number of aliphatic hydroxyl groups is 1. The van der Waals surface area contributed by atoms with Crippen LogP contribution >= 0.6 is 0 Å². The normalized spacial score (nSPS) is 14.6. The van der Waals surface area contributed by atoms with Crippen molar-refractivity contribution in [2.75, 3.05) is 0 Å². The molecule has 0 aliphatic carbocycles. The first-order chi connectivity index (χ1) is 5.11. The molecule has 64 valence electrons. The molecule has 0 amide bonds. The summed E-state index contributed by atoms with van der Waals surface area (Å²) in [5.74, 6) is -0.944. The van der Waals surface area contributed by atoms with E-state index in [2.05, 4.69) is 0 Å². The Morgan fingerprint density at radius 1 is 1.64 bits per heavy atom. The summed E-state index contributed by atoms with van der Waals surface area (Å²) in [4.78, 5) is 10.4. The predicted octanol–water partition coefficient (Wildman–Crippen LogP) is 1.18. The minimum atomic E-state index is -0.944. The first-order valence-electron chi connectivity index (χ1n) is 3.68. The van der Waals surface area contributed by atoms with Gasteiger partial charge in [-0.05, 0) is 13.3 Å². The van der Waals surface area contributed by atoms with Crippen molar-refractivity contribution in [1.29, 1.82) is 0 Å². The Kier molecular flexibility index (Phi) is 4.54. The average Bonchev–Trinajstić information content (AvgIpc) is 1.99. The molecular weight excluding hydrogens is 144 g/mol. The molecule has 1 unspecified atom stereocenters. The highest BCUT2D eigenvalue weighted by molar-refractivity contribution is 5.86. The number of aliphatic hydroxyl groups excluding tert-OH is 1. The van der Waals surface area contributed by atoms with Gasteiger partial charge in [0.05, 0.1) is 6.10 Å². The summed E-state index contributed by atoms with van der Waals surface area (Å²) in [6.07, 6.45) is 1.81. The fourth-order valence-corrected chi connectivity index (χ4v) is 0.727. The molecule has 1 atom stereocenters. The van der Waals surface area contributed by atoms with Gasteiger partial charge in [-0.1, -0.05) is 13.0 Å². The number of hydrogen-bond acceptors (Lipinski definition) is 2. The van der Waals surface area contributed by atoms with Gasteiger partial charge in [-0.3, -0.25) is 0 Å². The Morgan fingerprint density at radius 3 is 2.45 bits per heavy atom. The van der Waals surface area contributed by atoms with Crippen LogP contribution in [0.2, 0.25) is 0 Å². The molecule has 0 aliphatic rings. The lowest BCUT2D eigenvalue weighted by atomic mass is 10.1. The van der Waals surface area contributed by atoms with Crippen molar-refractivity contribution in [3.8, 4) is 0 Å². The van der Waals surface area contributed by atoms with Crippen molar-refractivity contribution in [1.82, 2.24) is 0 Å². The molecule has 0 heterocycles. The van der Waals surface area contributed by atoms with Crippen molar-refractivity contribution >= 4 is 5.97 Å². The number of aliphatic carboxylic acids is 1. The number of rotatable bonds is 4. The topological polar surface area (TPSA) is 57.5 Å². The van der Waals surface area contributed by atoms with Crippen LogP contribution in [0.15, 0.2) is 11.6 Å². The van der Waals surface area contributed by atoms with E-state index < -0.39 is 12.1 Å². The number of carboxylic acid groups (broad SMARTS) is 1. The number of carboxylic acids is 1. The molecule has 0 fully saturated rings. The van der Waals surface area contributed by atoms with Crippen LogP contribution in [-0.2, 0) is 4.79 Å². The monoisotopic (exact) mass is 158 g/mol. The molecule has 0 aromatic carbocycles. The smallest absolute Gasteiger partial charge is 0.331 e. The van der Waals surface area contributed by atoms with E-state index in [0.29, 0.717) is 6.42 Å². The Labute approximate surface area is 66.4 Å². The van der Waals surface area contributed by atoms with Gasteiger partial charge in [-0.2, -0.15) is 0 Å². The summed E-state index contributed by atoms with van der Waals surface area (Å²) in [7, 11) is 0. The van der Waals surface area contributed by atoms with Crippen LogP contribution in [-0.4, -0.2) is 22.3 Å². The molecule has 0 aromatic rings. The Balaban J connectivity index is 4.00. The van der Waals surface area contributed by atoms with Crippen molar-refractivity contribution in [3.63, 3.8) is 0 Å². The highest BCUT2D eigenvalue weighted by Crippen LogP contribution is 2.07. The molecule has 0 rings (SSSR count). The van der Waals surface area contributed by atoms with Gasteiger partial charge in [-0.25, -0.2) is 4.79 Å². The summed E-state index contributed by atoms with van der Waals surface area (Å²) < 4.78 is 0. The summed E-state index contributed by atoms with van der Waals surface area (Å²) in [6, 6.07) is 0. The van der Waals surface area contributed by atoms with E-state index in [9.17, 15) is 4.79 Å². The SMILES string of the molecule is C/C=C(\CC(O)CC)C(=O)O. The lowest BCUT2D eigenvalue weighted by Gasteiger charge is -2.06. The van der Waals surface area contributed by atoms with Crippen LogP contribution in [0.3, 0.4) is 0 Å². The van der Waals surface area contributed by atoms with Gasteiger partial charge in [-0.15, -0.1) is 0 Å². The molecule has 0 saturated carbocycles. The zero-order chi connectivity index (χ0) is 8.85. The van der Waals surface area contributed by atoms with E-state index >= 15 is 0 Å². The number of allylic oxidation sites excluding steroid dienone is 1. The van der Waals surface area contributed by atoms with Crippen molar-refractivity contribution in [2.24, 2.45) is 0 Å². The van der Waals surface area contributed by atoms with Crippen molar-refractivity contribution in [2.45, 2.75) is 32.8 Å². The highest BCUT2D eigenvalue weighted by Gasteiger charge is 2.10. The van der Waals surface area contributed by atoms with Crippen LogP contribution in [0.25, 0.3) is 0 Å². The Bertz CT molecular complexity index is 161. The second kappa shape index (κ2) is 4.91.